The minimum atomic E-state index is -4.70. The summed E-state index contributed by atoms with van der Waals surface area (Å²) in [6.07, 6.45) is 12.2. The molecule has 1 atom stereocenters. The highest BCUT2D eigenvalue weighted by atomic mass is 28.3. The standard InChI is InChI=1S/C16H15F3N4O.C15H14N4O.C4H9F3Si/c17-16(18,19)15(24)12-5-20-23(7-12)9-13-8-22-6-11(10-1-2-10)3-4-14(22)21-13;20-10-11-5-16-19(6-11)9-14-8-18-7-13(12-1-2-12)3-4-15(18)17-14;1-8(2,3)4(5,6)7/h3-8,10,15,24H,1-2,9H2;3-8,10,12H,1-2,9H2;1-3H3. The zero-order valence-corrected chi connectivity index (χ0v) is 29.7. The molecule has 17 heteroatoms. The number of halogens is 6. The Labute approximate surface area is 295 Å². The van der Waals surface area contributed by atoms with Gasteiger partial charge in [0.1, 0.15) is 11.3 Å². The number of aliphatic hydroxyl groups is 1. The maximum absolute atomic E-state index is 12.5. The zero-order valence-electron chi connectivity index (χ0n) is 28.7. The van der Waals surface area contributed by atoms with Crippen LogP contribution >= 0.6 is 0 Å². The number of imidazole rings is 2. The highest BCUT2D eigenvalue weighted by Gasteiger charge is 2.45. The number of hydrogen-bond donors (Lipinski definition) is 1. The molecule has 6 aromatic heterocycles. The molecule has 2 aliphatic carbocycles. The molecule has 52 heavy (non-hydrogen) atoms. The first kappa shape index (κ1) is 37.0. The minimum Gasteiger partial charge on any atom is -0.379 e. The van der Waals surface area contributed by atoms with Gasteiger partial charge in [-0.05, 0) is 60.8 Å². The monoisotopic (exact) mass is 744 g/mol. The molecule has 0 bridgehead atoms. The molecule has 8 rings (SSSR count). The highest BCUT2D eigenvalue weighted by Crippen LogP contribution is 2.40. The van der Waals surface area contributed by atoms with Crippen LogP contribution in [0.15, 0.2) is 73.8 Å². The second kappa shape index (κ2) is 14.3. The van der Waals surface area contributed by atoms with E-state index in [4.69, 9.17) is 0 Å². The van der Waals surface area contributed by atoms with Crippen LogP contribution in [0.2, 0.25) is 19.6 Å². The molecular formula is C35H38F6N8O2Si. The molecule has 2 aliphatic rings. The molecule has 0 saturated heterocycles. The van der Waals surface area contributed by atoms with Crippen LogP contribution in [0.4, 0.5) is 26.3 Å². The number of fused-ring (bicyclic) bond motifs is 2. The Morgan fingerprint density at radius 3 is 1.62 bits per heavy atom. The number of aliphatic hydroxyl groups excluding tert-OH is 1. The van der Waals surface area contributed by atoms with E-state index in [1.165, 1.54) is 67.3 Å². The average Bonchev–Trinajstić information content (AvgIpc) is 3.92. The Hall–Kier alpha value is -4.77. The van der Waals surface area contributed by atoms with Gasteiger partial charge in [0.2, 0.25) is 0 Å². The average molecular weight is 745 g/mol. The van der Waals surface area contributed by atoms with Crippen LogP contribution in [0, 0.1) is 0 Å². The lowest BCUT2D eigenvalue weighted by Gasteiger charge is -2.19. The quantitative estimate of drug-likeness (QED) is 0.0971. The second-order valence-electron chi connectivity index (χ2n) is 14.2. The lowest BCUT2D eigenvalue weighted by atomic mass is 10.2. The van der Waals surface area contributed by atoms with Crippen molar-refractivity contribution < 1.29 is 36.2 Å². The van der Waals surface area contributed by atoms with Crippen molar-refractivity contribution in [2.45, 2.75) is 88.3 Å². The van der Waals surface area contributed by atoms with Crippen molar-refractivity contribution in [3.8, 4) is 0 Å². The molecule has 0 spiro atoms. The topological polar surface area (TPSA) is 108 Å². The maximum Gasteiger partial charge on any atom is 0.418 e. The molecule has 1 N–H and O–H groups in total. The molecule has 1 unspecified atom stereocenters. The van der Waals surface area contributed by atoms with E-state index < -0.39 is 26.2 Å². The number of aldehydes is 1. The van der Waals surface area contributed by atoms with Gasteiger partial charge in [0.25, 0.3) is 0 Å². The lowest BCUT2D eigenvalue weighted by molar-refractivity contribution is -0.206. The number of nitrogens with zero attached hydrogens (tertiary/aromatic N) is 8. The van der Waals surface area contributed by atoms with Crippen molar-refractivity contribution in [1.29, 1.82) is 0 Å². The molecule has 276 valence electrons. The van der Waals surface area contributed by atoms with E-state index in [1.807, 2.05) is 29.1 Å². The fraction of sp³-hybridized carbons (Fsp3) is 0.400. The summed E-state index contributed by atoms with van der Waals surface area (Å²) in [5.74, 6) is -2.54. The first-order valence-corrected chi connectivity index (χ1v) is 20.2. The van der Waals surface area contributed by atoms with E-state index in [0.717, 1.165) is 35.4 Å². The van der Waals surface area contributed by atoms with Gasteiger partial charge in [-0.25, -0.2) is 9.97 Å². The normalized spacial score (nSPS) is 15.6. The van der Waals surface area contributed by atoms with Crippen molar-refractivity contribution in [1.82, 2.24) is 38.3 Å². The van der Waals surface area contributed by atoms with Gasteiger partial charge in [-0.2, -0.15) is 36.5 Å². The number of hydrogen-bond acceptors (Lipinski definition) is 6. The first-order chi connectivity index (χ1) is 24.5. The van der Waals surface area contributed by atoms with Gasteiger partial charge in [0.05, 0.1) is 42.4 Å². The van der Waals surface area contributed by atoms with Gasteiger partial charge in [0.15, 0.2) is 20.5 Å². The fourth-order valence-electron chi connectivity index (χ4n) is 5.25. The molecule has 0 amide bonds. The van der Waals surface area contributed by atoms with E-state index in [0.29, 0.717) is 23.7 Å². The molecule has 0 radical (unpaired) electrons. The molecular weight excluding hydrogens is 707 g/mol. The van der Waals surface area contributed by atoms with Crippen molar-refractivity contribution >= 4 is 25.7 Å². The summed E-state index contributed by atoms with van der Waals surface area (Å²) in [7, 11) is -2.86. The molecule has 6 aromatic rings. The number of aromatic nitrogens is 8. The van der Waals surface area contributed by atoms with Crippen LogP contribution in [0.25, 0.3) is 11.3 Å². The maximum atomic E-state index is 12.5. The third-order valence-corrected chi connectivity index (χ3v) is 10.4. The summed E-state index contributed by atoms with van der Waals surface area (Å²) in [6, 6.07) is 8.24. The molecule has 0 aromatic carbocycles. The van der Waals surface area contributed by atoms with Crippen molar-refractivity contribution in [2.75, 3.05) is 0 Å². The highest BCUT2D eigenvalue weighted by molar-refractivity contribution is 6.77. The van der Waals surface area contributed by atoms with Crippen LogP contribution in [-0.2, 0) is 13.1 Å². The molecule has 10 nitrogen and oxygen atoms in total. The number of alkyl halides is 6. The number of rotatable bonds is 8. The summed E-state index contributed by atoms with van der Waals surface area (Å²) in [4.78, 5) is 19.7. The van der Waals surface area contributed by atoms with Crippen LogP contribution in [0.5, 0.6) is 0 Å². The Bertz CT molecular complexity index is 2140. The summed E-state index contributed by atoms with van der Waals surface area (Å²) in [5.41, 5.74) is 6.36. The van der Waals surface area contributed by atoms with Gasteiger partial charge in [-0.15, -0.1) is 0 Å². The summed E-state index contributed by atoms with van der Waals surface area (Å²) >= 11 is 0. The predicted octanol–water partition coefficient (Wildman–Crippen LogP) is 7.75. The van der Waals surface area contributed by atoms with Crippen LogP contribution < -0.4 is 0 Å². The van der Waals surface area contributed by atoms with Gasteiger partial charge in [-0.3, -0.25) is 14.2 Å². The smallest absolute Gasteiger partial charge is 0.379 e. The van der Waals surface area contributed by atoms with Gasteiger partial charge in [-0.1, -0.05) is 31.8 Å². The van der Waals surface area contributed by atoms with Gasteiger partial charge in [0, 0.05) is 42.7 Å². The summed E-state index contributed by atoms with van der Waals surface area (Å²) in [5, 5.41) is 17.3. The third kappa shape index (κ3) is 9.17. The number of carbonyl (C=O) groups excluding carboxylic acids is 1. The van der Waals surface area contributed by atoms with Crippen LogP contribution in [0.3, 0.4) is 0 Å². The lowest BCUT2D eigenvalue weighted by Crippen LogP contribution is -2.40. The minimum absolute atomic E-state index is 0.241. The largest absolute Gasteiger partial charge is 0.418 e. The number of carbonyl (C=O) groups is 1. The number of pyridine rings is 2. The second-order valence-corrected chi connectivity index (χ2v) is 19.3. The van der Waals surface area contributed by atoms with E-state index >= 15 is 0 Å². The third-order valence-electron chi connectivity index (χ3n) is 8.71. The molecule has 6 heterocycles. The van der Waals surface area contributed by atoms with Crippen molar-refractivity contribution in [2.24, 2.45) is 0 Å². The van der Waals surface area contributed by atoms with Crippen molar-refractivity contribution in [3.05, 3.63) is 107 Å². The summed E-state index contributed by atoms with van der Waals surface area (Å²) in [6.45, 7) is 4.67. The Morgan fingerprint density at radius 1 is 0.750 bits per heavy atom. The molecule has 2 saturated carbocycles. The fourth-order valence-corrected chi connectivity index (χ4v) is 5.25. The Morgan fingerprint density at radius 2 is 1.21 bits per heavy atom. The van der Waals surface area contributed by atoms with Gasteiger partial charge < -0.3 is 13.9 Å². The summed E-state index contributed by atoms with van der Waals surface area (Å²) < 4.78 is 79.5. The van der Waals surface area contributed by atoms with Crippen LogP contribution in [0.1, 0.15) is 82.1 Å². The predicted molar refractivity (Wildman–Crippen MR) is 183 cm³/mol. The van der Waals surface area contributed by atoms with Crippen LogP contribution in [-0.4, -0.2) is 69.8 Å². The SMILES string of the molecule is C[Si](C)(C)C(F)(F)F.O=Cc1cnn(Cc2cn3cc(C4CC4)ccc3n2)c1.OC(c1cnn(Cc2cn3cc(C4CC4)ccc3n2)c1)C(F)(F)F. The molecule has 2 fully saturated rings. The van der Waals surface area contributed by atoms with E-state index in [-0.39, 0.29) is 12.1 Å². The molecule has 0 aliphatic heterocycles. The first-order valence-electron chi connectivity index (χ1n) is 16.7. The Balaban J connectivity index is 0.000000150. The van der Waals surface area contributed by atoms with E-state index in [1.54, 1.807) is 17.1 Å². The van der Waals surface area contributed by atoms with Crippen molar-refractivity contribution in [3.63, 3.8) is 0 Å². The van der Waals surface area contributed by atoms with Gasteiger partial charge >= 0.3 is 12.0 Å². The zero-order chi connectivity index (χ0) is 37.4. The Kier molecular flexibility index (Phi) is 10.2. The van der Waals surface area contributed by atoms with E-state index in [2.05, 4.69) is 49.0 Å². The van der Waals surface area contributed by atoms with E-state index in [9.17, 15) is 36.2 Å².